The molecule has 0 saturated heterocycles. The average molecular weight is 666 g/mol. The van der Waals surface area contributed by atoms with E-state index in [0.717, 1.165) is 50.7 Å². The maximum absolute atomic E-state index is 6.20. The summed E-state index contributed by atoms with van der Waals surface area (Å²) < 4.78 is 14.3. The Balaban J connectivity index is 1.74. The summed E-state index contributed by atoms with van der Waals surface area (Å²) in [6.45, 7) is 11.6. The highest BCUT2D eigenvalue weighted by molar-refractivity contribution is 5.43. The van der Waals surface area contributed by atoms with Crippen molar-refractivity contribution in [3.8, 4) is 11.5 Å². The summed E-state index contributed by atoms with van der Waals surface area (Å²) in [7, 11) is 1.77. The van der Waals surface area contributed by atoms with E-state index in [1.54, 1.807) is 7.11 Å². The number of hydrogen-bond donors (Lipinski definition) is 0. The molecule has 0 bridgehead atoms. The van der Waals surface area contributed by atoms with Gasteiger partial charge in [-0.1, -0.05) is 161 Å². The van der Waals surface area contributed by atoms with Gasteiger partial charge in [0.15, 0.2) is 23.9 Å². The second kappa shape index (κ2) is 29.8. The summed E-state index contributed by atoms with van der Waals surface area (Å²) in [4.78, 5) is 2.62. The molecule has 1 heterocycles. The number of nitrogens with zero attached hydrogens (tertiary/aromatic N) is 2. The topological polar surface area (TPSA) is 25.6 Å². The lowest BCUT2D eigenvalue weighted by atomic mass is 10.0. The molecule has 4 nitrogen and oxygen atoms in total. The van der Waals surface area contributed by atoms with Gasteiger partial charge in [0, 0.05) is 24.7 Å². The summed E-state index contributed by atoms with van der Waals surface area (Å²) >= 11 is 0. The van der Waals surface area contributed by atoms with Crippen molar-refractivity contribution in [2.24, 2.45) is 0 Å². The molecule has 274 valence electrons. The van der Waals surface area contributed by atoms with Crippen molar-refractivity contribution < 1.29 is 14.0 Å². The van der Waals surface area contributed by atoms with Gasteiger partial charge < -0.3 is 9.47 Å². The van der Waals surface area contributed by atoms with Gasteiger partial charge >= 0.3 is 0 Å². The molecule has 1 aromatic heterocycles. The lowest BCUT2D eigenvalue weighted by Gasteiger charge is -2.23. The number of unbranched alkanes of at least 4 members (excludes halogenated alkanes) is 22. The molecule has 4 heteroatoms. The van der Waals surface area contributed by atoms with Crippen LogP contribution in [-0.4, -0.2) is 25.2 Å². The maximum atomic E-state index is 6.20. The molecule has 0 atom stereocenters. The first kappa shape index (κ1) is 42.1. The fraction of sp³-hybridized carbons (Fsp3) is 0.750. The molecule has 0 unspecified atom stereocenters. The van der Waals surface area contributed by atoms with Crippen LogP contribution in [-0.2, 0) is 19.6 Å². The predicted molar refractivity (Wildman–Crippen MR) is 207 cm³/mol. The summed E-state index contributed by atoms with van der Waals surface area (Å²) in [5, 5.41) is 0. The van der Waals surface area contributed by atoms with E-state index in [4.69, 9.17) is 9.47 Å². The maximum Gasteiger partial charge on any atom is 0.173 e. The van der Waals surface area contributed by atoms with E-state index in [0.29, 0.717) is 0 Å². The zero-order valence-corrected chi connectivity index (χ0v) is 32.3. The van der Waals surface area contributed by atoms with Gasteiger partial charge in [0.05, 0.1) is 13.7 Å². The van der Waals surface area contributed by atoms with Crippen molar-refractivity contribution in [2.45, 2.75) is 195 Å². The zero-order valence-electron chi connectivity index (χ0n) is 32.3. The Morgan fingerprint density at radius 2 is 1.04 bits per heavy atom. The van der Waals surface area contributed by atoms with E-state index < -0.39 is 0 Å². The van der Waals surface area contributed by atoms with Crippen molar-refractivity contribution >= 4 is 0 Å². The first-order chi connectivity index (χ1) is 23.7. The van der Waals surface area contributed by atoms with E-state index in [1.165, 1.54) is 159 Å². The summed E-state index contributed by atoms with van der Waals surface area (Å²) in [5.41, 5.74) is 2.68. The predicted octanol–water partition coefficient (Wildman–Crippen LogP) is 12.8. The van der Waals surface area contributed by atoms with Crippen LogP contribution in [0, 0.1) is 0 Å². The van der Waals surface area contributed by atoms with Crippen molar-refractivity contribution in [3.05, 3.63) is 53.9 Å². The van der Waals surface area contributed by atoms with Crippen LogP contribution in [0.3, 0.4) is 0 Å². The van der Waals surface area contributed by atoms with Gasteiger partial charge in [-0.3, -0.25) is 4.90 Å². The minimum atomic E-state index is 0.767. The quantitative estimate of drug-likeness (QED) is 0.0560. The molecular formula is C44H77N2O2+. The molecule has 0 radical (unpaired) electrons. The van der Waals surface area contributed by atoms with E-state index in [-0.39, 0.29) is 0 Å². The number of aromatic nitrogens is 1. The van der Waals surface area contributed by atoms with E-state index in [9.17, 15) is 0 Å². The molecule has 2 rings (SSSR count). The number of benzene rings is 1. The van der Waals surface area contributed by atoms with Crippen LogP contribution >= 0.6 is 0 Å². The third-order valence-corrected chi connectivity index (χ3v) is 9.91. The average Bonchev–Trinajstić information content (AvgIpc) is 3.11. The third-order valence-electron chi connectivity index (χ3n) is 9.91. The lowest BCUT2D eigenvalue weighted by molar-refractivity contribution is -0.694. The van der Waals surface area contributed by atoms with Gasteiger partial charge in [-0.2, -0.15) is 0 Å². The zero-order chi connectivity index (χ0) is 34.3. The number of ether oxygens (including phenoxy) is 2. The minimum absolute atomic E-state index is 0.767. The Hall–Kier alpha value is -2.07. The number of rotatable bonds is 33. The lowest BCUT2D eigenvalue weighted by Crippen LogP contribution is -2.33. The number of hydrogen-bond acceptors (Lipinski definition) is 3. The smallest absolute Gasteiger partial charge is 0.173 e. The van der Waals surface area contributed by atoms with Crippen molar-refractivity contribution in [1.82, 2.24) is 4.90 Å². The van der Waals surface area contributed by atoms with E-state index >= 15 is 0 Å². The molecule has 0 N–H and O–H groups in total. The van der Waals surface area contributed by atoms with Gasteiger partial charge in [0.1, 0.15) is 6.54 Å². The van der Waals surface area contributed by atoms with Gasteiger partial charge in [0.25, 0.3) is 0 Å². The fourth-order valence-corrected chi connectivity index (χ4v) is 6.83. The van der Waals surface area contributed by atoms with Crippen LogP contribution in [0.4, 0.5) is 0 Å². The Morgan fingerprint density at radius 1 is 0.542 bits per heavy atom. The molecule has 0 amide bonds. The Bertz CT molecular complexity index is 1010. The fourth-order valence-electron chi connectivity index (χ4n) is 6.83. The van der Waals surface area contributed by atoms with Gasteiger partial charge in [-0.15, -0.1) is 0 Å². The number of aryl methyl sites for hydroxylation is 1. The van der Waals surface area contributed by atoms with Crippen molar-refractivity contribution in [3.63, 3.8) is 0 Å². The number of pyridine rings is 1. The summed E-state index contributed by atoms with van der Waals surface area (Å²) in [6, 6.07) is 11.0. The van der Waals surface area contributed by atoms with Crippen LogP contribution in [0.2, 0.25) is 0 Å². The highest BCUT2D eigenvalue weighted by Gasteiger charge is 2.13. The summed E-state index contributed by atoms with van der Waals surface area (Å²) in [6.07, 6.45) is 37.5. The second-order valence-corrected chi connectivity index (χ2v) is 14.4. The molecule has 0 aliphatic rings. The molecule has 48 heavy (non-hydrogen) atoms. The van der Waals surface area contributed by atoms with E-state index in [1.807, 2.05) is 0 Å². The largest absolute Gasteiger partial charge is 0.493 e. The van der Waals surface area contributed by atoms with Crippen LogP contribution in [0.25, 0.3) is 0 Å². The SMILES string of the molecule is CCCCCCCCCCCCCCCCN(Cc1ccc(OCCCCCCCCCCCC)c(OC)c1)Cc1ccc[n+](CC)c1. The molecule has 0 aliphatic carbocycles. The first-order valence-electron chi connectivity index (χ1n) is 20.7. The highest BCUT2D eigenvalue weighted by atomic mass is 16.5. The van der Waals surface area contributed by atoms with E-state index in [2.05, 4.69) is 73.0 Å². The molecular weight excluding hydrogens is 588 g/mol. The molecule has 1 aromatic carbocycles. The van der Waals surface area contributed by atoms with Crippen molar-refractivity contribution in [1.29, 1.82) is 0 Å². The molecule has 2 aromatic rings. The Labute approximate surface area is 298 Å². The van der Waals surface area contributed by atoms with Crippen LogP contribution in [0.15, 0.2) is 42.7 Å². The van der Waals surface area contributed by atoms with Crippen LogP contribution in [0.5, 0.6) is 11.5 Å². The number of methoxy groups -OCH3 is 1. The third kappa shape index (κ3) is 21.1. The minimum Gasteiger partial charge on any atom is -0.493 e. The molecule has 0 spiro atoms. The van der Waals surface area contributed by atoms with Crippen LogP contribution < -0.4 is 14.0 Å². The molecule has 0 fully saturated rings. The first-order valence-corrected chi connectivity index (χ1v) is 20.7. The Morgan fingerprint density at radius 3 is 1.56 bits per heavy atom. The monoisotopic (exact) mass is 666 g/mol. The highest BCUT2D eigenvalue weighted by Crippen LogP contribution is 2.29. The van der Waals surface area contributed by atoms with Crippen molar-refractivity contribution in [2.75, 3.05) is 20.3 Å². The van der Waals surface area contributed by atoms with Gasteiger partial charge in [-0.25, -0.2) is 4.57 Å². The normalized spacial score (nSPS) is 11.4. The standard InChI is InChI=1S/C44H77N2O2/c1-5-8-10-12-14-16-18-19-20-21-22-24-26-28-34-46(40-42-31-30-35-45(7-3)39-42)38-41-32-33-43(44(37-41)47-4)48-36-29-27-25-23-17-15-13-11-9-6-2/h30-33,35,37,39H,5-29,34,36,38,40H2,1-4H3/q+1. The summed E-state index contributed by atoms with van der Waals surface area (Å²) in [5.74, 6) is 1.74. The van der Waals surface area contributed by atoms with Gasteiger partial charge in [0.2, 0.25) is 0 Å². The second-order valence-electron chi connectivity index (χ2n) is 14.4. The molecule has 0 saturated carbocycles. The Kier molecular flexibility index (Phi) is 26.1. The van der Waals surface area contributed by atoms with Crippen LogP contribution in [0.1, 0.15) is 186 Å². The molecule has 0 aliphatic heterocycles. The van der Waals surface area contributed by atoms with Gasteiger partial charge in [-0.05, 0) is 50.1 Å².